The van der Waals surface area contributed by atoms with Crippen molar-refractivity contribution in [1.29, 1.82) is 0 Å². The summed E-state index contributed by atoms with van der Waals surface area (Å²) in [5.41, 5.74) is 3.64. The summed E-state index contributed by atoms with van der Waals surface area (Å²) in [6.07, 6.45) is 5.44. The molecule has 34 heavy (non-hydrogen) atoms. The average molecular weight is 486 g/mol. The summed E-state index contributed by atoms with van der Waals surface area (Å²) in [7, 11) is 0. The molecule has 2 amide bonds. The van der Waals surface area contributed by atoms with Crippen LogP contribution in [0.15, 0.2) is 79.4 Å². The van der Waals surface area contributed by atoms with Crippen LogP contribution in [0.2, 0.25) is 5.02 Å². The number of carbonyl (C=O) groups is 1. The number of aliphatic hydroxyl groups excluding tert-OH is 1. The van der Waals surface area contributed by atoms with Crippen LogP contribution in [0.25, 0.3) is 32.3 Å². The highest BCUT2D eigenvalue weighted by Crippen LogP contribution is 2.48. The number of anilines is 2. The quantitative estimate of drug-likeness (QED) is 0.321. The third kappa shape index (κ3) is 3.31. The van der Waals surface area contributed by atoms with Gasteiger partial charge in [-0.1, -0.05) is 48.0 Å². The normalized spacial score (nSPS) is 15.3. The first-order valence-corrected chi connectivity index (χ1v) is 11.6. The maximum absolute atomic E-state index is 13.1. The van der Waals surface area contributed by atoms with E-state index in [0.717, 1.165) is 32.3 Å². The molecule has 2 N–H and O–H groups in total. The lowest BCUT2D eigenvalue weighted by Gasteiger charge is -2.32. The summed E-state index contributed by atoms with van der Waals surface area (Å²) in [5.74, 6) is 0. The Morgan fingerprint density at radius 3 is 2.76 bits per heavy atom. The van der Waals surface area contributed by atoms with Gasteiger partial charge in [0.15, 0.2) is 6.23 Å². The van der Waals surface area contributed by atoms with E-state index >= 15 is 0 Å². The van der Waals surface area contributed by atoms with E-state index in [-0.39, 0.29) is 0 Å². The topological polar surface area (TPSA) is 91.2 Å². The van der Waals surface area contributed by atoms with Gasteiger partial charge in [0, 0.05) is 38.0 Å². The van der Waals surface area contributed by atoms with Crippen molar-refractivity contribution in [3.8, 4) is 21.6 Å². The Kier molecular flexibility index (Phi) is 4.99. The third-order valence-corrected chi connectivity index (χ3v) is 7.27. The monoisotopic (exact) mass is 485 g/mol. The van der Waals surface area contributed by atoms with Crippen LogP contribution in [0.5, 0.6) is 0 Å². The van der Waals surface area contributed by atoms with Gasteiger partial charge in [-0.2, -0.15) is 10.2 Å². The second-order valence-electron chi connectivity index (χ2n) is 7.74. The molecule has 0 bridgehead atoms. The van der Waals surface area contributed by atoms with Crippen LogP contribution in [-0.4, -0.2) is 26.3 Å². The van der Waals surface area contributed by atoms with Crippen LogP contribution < -0.4 is 10.2 Å². The number of urea groups is 1. The first kappa shape index (κ1) is 20.7. The van der Waals surface area contributed by atoms with Crippen molar-refractivity contribution in [2.45, 2.75) is 6.23 Å². The fourth-order valence-electron chi connectivity index (χ4n) is 4.22. The second kappa shape index (κ2) is 8.18. The number of amides is 2. The molecule has 0 saturated heterocycles. The summed E-state index contributed by atoms with van der Waals surface area (Å²) in [5, 5.41) is 24.3. The molecule has 6 rings (SSSR count). The Morgan fingerprint density at radius 1 is 1.03 bits per heavy atom. The van der Waals surface area contributed by atoms with Crippen LogP contribution >= 0.6 is 22.9 Å². The maximum atomic E-state index is 13.1. The fourth-order valence-corrected chi connectivity index (χ4v) is 5.72. The summed E-state index contributed by atoms with van der Waals surface area (Å²) in [6, 6.07) is 16.5. The Morgan fingerprint density at radius 2 is 1.91 bits per heavy atom. The molecule has 1 aliphatic rings. The number of pyridine rings is 1. The Balaban J connectivity index is 1.47. The van der Waals surface area contributed by atoms with Gasteiger partial charge in [0.1, 0.15) is 0 Å². The van der Waals surface area contributed by atoms with Gasteiger partial charge in [0.05, 0.1) is 34.8 Å². The Hall–Kier alpha value is -3.85. The van der Waals surface area contributed by atoms with Crippen LogP contribution in [0.3, 0.4) is 0 Å². The lowest BCUT2D eigenvalue weighted by Crippen LogP contribution is -2.41. The SMILES string of the molecule is O=C1Nc2cc(-c3c(Cl)cccc3-c3ccnnc3)sc2C(O)N1c1cncc2ccccc12. The zero-order valence-corrected chi connectivity index (χ0v) is 19.1. The molecule has 2 aromatic carbocycles. The average Bonchev–Trinajstić information content (AvgIpc) is 3.28. The molecular weight excluding hydrogens is 470 g/mol. The molecule has 166 valence electrons. The van der Waals surface area contributed by atoms with Crippen molar-refractivity contribution in [2.24, 2.45) is 0 Å². The molecule has 0 saturated carbocycles. The van der Waals surface area contributed by atoms with E-state index < -0.39 is 12.3 Å². The van der Waals surface area contributed by atoms with Gasteiger partial charge in [0.25, 0.3) is 0 Å². The van der Waals surface area contributed by atoms with Gasteiger partial charge in [-0.3, -0.25) is 9.88 Å². The molecule has 7 nitrogen and oxygen atoms in total. The molecule has 1 aliphatic heterocycles. The zero-order valence-electron chi connectivity index (χ0n) is 17.5. The van der Waals surface area contributed by atoms with Crippen molar-refractivity contribution in [1.82, 2.24) is 15.2 Å². The minimum atomic E-state index is -1.18. The molecule has 0 fully saturated rings. The highest BCUT2D eigenvalue weighted by Gasteiger charge is 2.35. The van der Waals surface area contributed by atoms with E-state index in [1.54, 1.807) is 24.8 Å². The molecule has 0 aliphatic carbocycles. The molecule has 5 aromatic rings. The van der Waals surface area contributed by atoms with E-state index in [0.29, 0.717) is 21.3 Å². The first-order chi connectivity index (χ1) is 16.6. The van der Waals surface area contributed by atoms with Crippen molar-refractivity contribution in [2.75, 3.05) is 10.2 Å². The van der Waals surface area contributed by atoms with E-state index in [9.17, 15) is 9.90 Å². The van der Waals surface area contributed by atoms with Gasteiger partial charge in [-0.05, 0) is 23.8 Å². The number of aromatic nitrogens is 3. The predicted octanol–water partition coefficient (Wildman–Crippen LogP) is 6.12. The standard InChI is InChI=1S/C25H16ClN5O2S/c26-18-7-3-6-17(15-8-9-28-29-12-15)22(18)21-10-19-23(34-21)24(32)31(25(33)30-19)20-13-27-11-14-4-1-2-5-16(14)20/h1-13,24,32H,(H,30,33). The molecule has 0 spiro atoms. The molecule has 1 unspecified atom stereocenters. The number of aliphatic hydroxyl groups is 1. The number of hydrogen-bond donors (Lipinski definition) is 2. The number of hydrogen-bond acceptors (Lipinski definition) is 6. The number of thiophene rings is 1. The Labute approximate surface area is 203 Å². The molecular formula is C25H16ClN5O2S. The Bertz CT molecular complexity index is 1550. The summed E-state index contributed by atoms with van der Waals surface area (Å²) in [6.45, 7) is 0. The van der Waals surface area contributed by atoms with Crippen LogP contribution in [0, 0.1) is 0 Å². The first-order valence-electron chi connectivity index (χ1n) is 10.4. The number of nitrogens with one attached hydrogen (secondary N) is 1. The van der Waals surface area contributed by atoms with Crippen molar-refractivity contribution in [3.63, 3.8) is 0 Å². The third-order valence-electron chi connectivity index (χ3n) is 5.76. The lowest BCUT2D eigenvalue weighted by atomic mass is 10.00. The van der Waals surface area contributed by atoms with Crippen molar-refractivity contribution < 1.29 is 9.90 Å². The predicted molar refractivity (Wildman–Crippen MR) is 134 cm³/mol. The van der Waals surface area contributed by atoms with Gasteiger partial charge in [-0.15, -0.1) is 11.3 Å². The van der Waals surface area contributed by atoms with E-state index in [1.165, 1.54) is 16.2 Å². The lowest BCUT2D eigenvalue weighted by molar-refractivity contribution is 0.174. The number of benzene rings is 2. The van der Waals surface area contributed by atoms with Gasteiger partial charge >= 0.3 is 6.03 Å². The maximum Gasteiger partial charge on any atom is 0.328 e. The van der Waals surface area contributed by atoms with Crippen LogP contribution in [0.4, 0.5) is 16.2 Å². The summed E-state index contributed by atoms with van der Waals surface area (Å²) < 4.78 is 0. The smallest absolute Gasteiger partial charge is 0.328 e. The number of fused-ring (bicyclic) bond motifs is 2. The number of carbonyl (C=O) groups excluding carboxylic acids is 1. The highest BCUT2D eigenvalue weighted by atomic mass is 35.5. The number of nitrogens with zero attached hydrogens (tertiary/aromatic N) is 4. The second-order valence-corrected chi connectivity index (χ2v) is 9.23. The van der Waals surface area contributed by atoms with Crippen LogP contribution in [-0.2, 0) is 0 Å². The largest absolute Gasteiger partial charge is 0.368 e. The van der Waals surface area contributed by atoms with E-state index in [2.05, 4.69) is 20.5 Å². The van der Waals surface area contributed by atoms with Crippen LogP contribution in [0.1, 0.15) is 11.1 Å². The molecule has 0 radical (unpaired) electrons. The minimum absolute atomic E-state index is 0.430. The van der Waals surface area contributed by atoms with Crippen molar-refractivity contribution in [3.05, 3.63) is 89.3 Å². The van der Waals surface area contributed by atoms with E-state index in [4.69, 9.17) is 11.6 Å². The van der Waals surface area contributed by atoms with Gasteiger partial charge in [0.2, 0.25) is 0 Å². The molecule has 1 atom stereocenters. The van der Waals surface area contributed by atoms with E-state index in [1.807, 2.05) is 54.6 Å². The highest BCUT2D eigenvalue weighted by molar-refractivity contribution is 7.16. The number of rotatable bonds is 3. The van der Waals surface area contributed by atoms with Gasteiger partial charge < -0.3 is 10.4 Å². The summed E-state index contributed by atoms with van der Waals surface area (Å²) >= 11 is 8.01. The van der Waals surface area contributed by atoms with Crippen molar-refractivity contribution >= 4 is 51.1 Å². The minimum Gasteiger partial charge on any atom is -0.368 e. The molecule has 9 heteroatoms. The summed E-state index contributed by atoms with van der Waals surface area (Å²) in [4.78, 5) is 20.1. The van der Waals surface area contributed by atoms with Gasteiger partial charge in [-0.25, -0.2) is 4.79 Å². The fraction of sp³-hybridized carbons (Fsp3) is 0.0400. The number of halogens is 1. The molecule has 3 aromatic heterocycles. The molecule has 4 heterocycles. The zero-order chi connectivity index (χ0) is 23.2.